The average Bonchev–Trinajstić information content (AvgIpc) is 2.39. The number of pyridine rings is 1. The molecule has 3 heteroatoms. The van der Waals surface area contributed by atoms with Crippen LogP contribution in [0.1, 0.15) is 30.1 Å². The molecular formula is C13H19N3. The van der Waals surface area contributed by atoms with Crippen LogP contribution in [0.3, 0.4) is 0 Å². The van der Waals surface area contributed by atoms with E-state index in [2.05, 4.69) is 27.3 Å². The van der Waals surface area contributed by atoms with Crippen molar-refractivity contribution >= 4 is 0 Å². The molecule has 0 bridgehead atoms. The molecule has 3 rings (SSSR count). The van der Waals surface area contributed by atoms with Gasteiger partial charge in [-0.25, -0.2) is 0 Å². The smallest absolute Gasteiger partial charge is 0.0607 e. The highest BCUT2D eigenvalue weighted by Gasteiger charge is 2.27. The zero-order valence-electron chi connectivity index (χ0n) is 9.65. The van der Waals surface area contributed by atoms with E-state index in [1.165, 1.54) is 43.6 Å². The highest BCUT2D eigenvalue weighted by atomic mass is 15.2. The molecule has 1 aliphatic heterocycles. The van der Waals surface area contributed by atoms with E-state index in [9.17, 15) is 0 Å². The summed E-state index contributed by atoms with van der Waals surface area (Å²) in [6.45, 7) is 4.58. The number of nitrogens with one attached hydrogen (secondary N) is 1. The van der Waals surface area contributed by atoms with Gasteiger partial charge in [-0.15, -0.1) is 0 Å². The van der Waals surface area contributed by atoms with Gasteiger partial charge in [0.25, 0.3) is 0 Å². The monoisotopic (exact) mass is 217 g/mol. The van der Waals surface area contributed by atoms with Crippen LogP contribution in [0.25, 0.3) is 0 Å². The van der Waals surface area contributed by atoms with Gasteiger partial charge >= 0.3 is 0 Å². The van der Waals surface area contributed by atoms with Crippen molar-refractivity contribution in [3.63, 3.8) is 0 Å². The van der Waals surface area contributed by atoms with Crippen molar-refractivity contribution in [2.24, 2.45) is 0 Å². The lowest BCUT2D eigenvalue weighted by atomic mass is 9.90. The Morgan fingerprint density at radius 1 is 1.31 bits per heavy atom. The molecule has 1 aliphatic carbocycles. The standard InChI is InChI=1S/C13H19N3/c1-3-11-4-2-6-15-13(11)12(5-1)16-9-7-14-8-10-16/h2,4,6,12,14H,1,3,5,7-10H2. The first kappa shape index (κ1) is 10.2. The lowest BCUT2D eigenvalue weighted by Crippen LogP contribution is -2.46. The molecule has 1 aromatic rings. The van der Waals surface area contributed by atoms with E-state index in [4.69, 9.17) is 0 Å². The highest BCUT2D eigenvalue weighted by molar-refractivity contribution is 5.25. The summed E-state index contributed by atoms with van der Waals surface area (Å²) in [4.78, 5) is 7.21. The second-order valence-electron chi connectivity index (χ2n) is 4.74. The third-order valence-corrected chi connectivity index (χ3v) is 3.76. The van der Waals surface area contributed by atoms with E-state index in [1.54, 1.807) is 0 Å². The maximum Gasteiger partial charge on any atom is 0.0607 e. The number of aryl methyl sites for hydroxylation is 1. The van der Waals surface area contributed by atoms with E-state index in [1.807, 2.05) is 6.20 Å². The Balaban J connectivity index is 1.86. The van der Waals surface area contributed by atoms with Crippen LogP contribution in [-0.4, -0.2) is 36.1 Å². The summed E-state index contributed by atoms with van der Waals surface area (Å²) >= 11 is 0. The normalized spacial score (nSPS) is 26.4. The molecule has 1 aromatic heterocycles. The maximum absolute atomic E-state index is 4.61. The van der Waals surface area contributed by atoms with Gasteiger partial charge in [0.2, 0.25) is 0 Å². The van der Waals surface area contributed by atoms with Gasteiger partial charge in [0, 0.05) is 32.4 Å². The number of rotatable bonds is 1. The largest absolute Gasteiger partial charge is 0.314 e. The van der Waals surface area contributed by atoms with Crippen LogP contribution >= 0.6 is 0 Å². The van der Waals surface area contributed by atoms with E-state index in [-0.39, 0.29) is 0 Å². The van der Waals surface area contributed by atoms with E-state index < -0.39 is 0 Å². The summed E-state index contributed by atoms with van der Waals surface area (Å²) in [5.74, 6) is 0. The zero-order chi connectivity index (χ0) is 10.8. The van der Waals surface area contributed by atoms with Crippen LogP contribution in [0.5, 0.6) is 0 Å². The van der Waals surface area contributed by atoms with Crippen LogP contribution in [0, 0.1) is 0 Å². The molecule has 1 unspecified atom stereocenters. The molecule has 3 nitrogen and oxygen atoms in total. The summed E-state index contributed by atoms with van der Waals surface area (Å²) < 4.78 is 0. The molecule has 0 saturated carbocycles. The number of hydrogen-bond acceptors (Lipinski definition) is 3. The Morgan fingerprint density at radius 3 is 3.06 bits per heavy atom. The van der Waals surface area contributed by atoms with Crippen LogP contribution in [0.2, 0.25) is 0 Å². The fourth-order valence-corrected chi connectivity index (χ4v) is 2.93. The average molecular weight is 217 g/mol. The molecule has 86 valence electrons. The fraction of sp³-hybridized carbons (Fsp3) is 0.615. The minimum atomic E-state index is 0.576. The van der Waals surface area contributed by atoms with Gasteiger partial charge in [0.05, 0.1) is 11.7 Å². The van der Waals surface area contributed by atoms with Crippen molar-refractivity contribution in [3.05, 3.63) is 29.6 Å². The van der Waals surface area contributed by atoms with Gasteiger partial charge in [-0.2, -0.15) is 0 Å². The quantitative estimate of drug-likeness (QED) is 0.770. The Bertz CT molecular complexity index is 358. The highest BCUT2D eigenvalue weighted by Crippen LogP contribution is 2.32. The van der Waals surface area contributed by atoms with Crippen LogP contribution in [0.15, 0.2) is 18.3 Å². The third-order valence-electron chi connectivity index (χ3n) is 3.76. The summed E-state index contributed by atoms with van der Waals surface area (Å²) in [5.41, 5.74) is 2.81. The number of hydrogen-bond donors (Lipinski definition) is 1. The number of fused-ring (bicyclic) bond motifs is 1. The molecule has 0 radical (unpaired) electrons. The number of piperazine rings is 1. The summed E-state index contributed by atoms with van der Waals surface area (Å²) in [5, 5.41) is 3.42. The minimum absolute atomic E-state index is 0.576. The van der Waals surface area contributed by atoms with Gasteiger partial charge in [0.1, 0.15) is 0 Å². The van der Waals surface area contributed by atoms with Crippen molar-refractivity contribution < 1.29 is 0 Å². The summed E-state index contributed by atoms with van der Waals surface area (Å²) in [6, 6.07) is 4.89. The SMILES string of the molecule is c1cnc2c(c1)CCCC2N1CCNCC1. The zero-order valence-corrected chi connectivity index (χ0v) is 9.65. The molecule has 0 aromatic carbocycles. The van der Waals surface area contributed by atoms with Crippen molar-refractivity contribution in [1.82, 2.24) is 15.2 Å². The molecule has 1 atom stereocenters. The predicted octanol–water partition coefficient (Wildman–Crippen LogP) is 1.36. The van der Waals surface area contributed by atoms with Crippen LogP contribution in [-0.2, 0) is 6.42 Å². The molecule has 0 spiro atoms. The van der Waals surface area contributed by atoms with Gasteiger partial charge < -0.3 is 5.32 Å². The Kier molecular flexibility index (Phi) is 2.89. The van der Waals surface area contributed by atoms with Crippen LogP contribution < -0.4 is 5.32 Å². The first-order valence-electron chi connectivity index (χ1n) is 6.34. The molecule has 2 heterocycles. The topological polar surface area (TPSA) is 28.2 Å². The van der Waals surface area contributed by atoms with Gasteiger partial charge in [-0.3, -0.25) is 9.88 Å². The minimum Gasteiger partial charge on any atom is -0.314 e. The van der Waals surface area contributed by atoms with Crippen molar-refractivity contribution in [2.45, 2.75) is 25.3 Å². The molecule has 1 N–H and O–H groups in total. The Labute approximate surface area is 96.9 Å². The molecule has 1 fully saturated rings. The Morgan fingerprint density at radius 2 is 2.19 bits per heavy atom. The van der Waals surface area contributed by atoms with E-state index in [0.29, 0.717) is 6.04 Å². The van der Waals surface area contributed by atoms with Gasteiger partial charge in [-0.1, -0.05) is 6.07 Å². The molecule has 16 heavy (non-hydrogen) atoms. The maximum atomic E-state index is 4.61. The Hall–Kier alpha value is -0.930. The van der Waals surface area contributed by atoms with E-state index >= 15 is 0 Å². The summed E-state index contributed by atoms with van der Waals surface area (Å²) in [6.07, 6.45) is 5.75. The first-order chi connectivity index (χ1) is 7.95. The molecule has 2 aliphatic rings. The van der Waals surface area contributed by atoms with Crippen LogP contribution in [0.4, 0.5) is 0 Å². The van der Waals surface area contributed by atoms with Crippen molar-refractivity contribution in [2.75, 3.05) is 26.2 Å². The van der Waals surface area contributed by atoms with Crippen molar-refractivity contribution in [3.8, 4) is 0 Å². The van der Waals surface area contributed by atoms with E-state index in [0.717, 1.165) is 13.1 Å². The lowest BCUT2D eigenvalue weighted by molar-refractivity contribution is 0.154. The summed E-state index contributed by atoms with van der Waals surface area (Å²) in [7, 11) is 0. The third kappa shape index (κ3) is 1.85. The number of nitrogens with zero attached hydrogens (tertiary/aromatic N) is 2. The van der Waals surface area contributed by atoms with Gasteiger partial charge in [-0.05, 0) is 30.9 Å². The second-order valence-corrected chi connectivity index (χ2v) is 4.74. The van der Waals surface area contributed by atoms with Crippen molar-refractivity contribution in [1.29, 1.82) is 0 Å². The number of aromatic nitrogens is 1. The second kappa shape index (κ2) is 4.52. The first-order valence-corrected chi connectivity index (χ1v) is 6.34. The molecule has 0 amide bonds. The molecular weight excluding hydrogens is 198 g/mol. The molecule has 1 saturated heterocycles. The van der Waals surface area contributed by atoms with Gasteiger partial charge in [0.15, 0.2) is 0 Å². The fourth-order valence-electron chi connectivity index (χ4n) is 2.93. The predicted molar refractivity (Wildman–Crippen MR) is 64.4 cm³/mol. The lowest BCUT2D eigenvalue weighted by Gasteiger charge is -2.37.